The lowest BCUT2D eigenvalue weighted by atomic mass is 10.0. The van der Waals surface area contributed by atoms with Crippen LogP contribution < -0.4 is 10.6 Å². The van der Waals surface area contributed by atoms with Crippen molar-refractivity contribution < 1.29 is 26.4 Å². The molecule has 2 aliphatic heterocycles. The van der Waals surface area contributed by atoms with Gasteiger partial charge < -0.3 is 15.2 Å². The van der Waals surface area contributed by atoms with E-state index < -0.39 is 22.6 Å². The third kappa shape index (κ3) is 8.80. The Balaban J connectivity index is 1.12. The number of nitrogens with zero attached hydrogens (tertiary/aromatic N) is 7. The average molecular weight is 746 g/mol. The lowest BCUT2D eigenvalue weighted by Gasteiger charge is -2.38. The Kier molecular flexibility index (Phi) is 10.9. The number of nitriles is 1. The Morgan fingerprint density at radius 1 is 1.10 bits per heavy atom. The molecule has 51 heavy (non-hydrogen) atoms. The molecule has 0 aliphatic carbocycles. The van der Waals surface area contributed by atoms with E-state index in [1.807, 2.05) is 10.6 Å². The lowest BCUT2D eigenvalue weighted by Crippen LogP contribution is -2.55. The van der Waals surface area contributed by atoms with Gasteiger partial charge in [-0.15, -0.1) is 11.3 Å². The highest BCUT2D eigenvalue weighted by atomic mass is 32.2. The van der Waals surface area contributed by atoms with E-state index in [1.54, 1.807) is 6.07 Å². The molecule has 2 N–H and O–H groups in total. The molecular weight excluding hydrogens is 704 g/mol. The van der Waals surface area contributed by atoms with Gasteiger partial charge in [0, 0.05) is 93.7 Å². The summed E-state index contributed by atoms with van der Waals surface area (Å²) in [6, 6.07) is 9.97. The standard InChI is InChI=1S/C34H42F3N9O3S2/c1-22-24(19-43-8-6-25(7-9-43)42-32-30-15-28(16-34(35,36)37)50-33(30)41-21-40-32)4-5-31-29(22)14-26(17-38)46(31)20-27(18-39-23(2)47)44-10-12-45(13-11-44)51(3,48)49/h4-5,14-15,21,25,27H,6-13,16,18-20H2,1-3H3,(H,39,47)(H,40,41,42). The first-order valence-electron chi connectivity index (χ1n) is 16.9. The molecule has 1 atom stereocenters. The van der Waals surface area contributed by atoms with Crippen molar-refractivity contribution in [3.8, 4) is 6.07 Å². The van der Waals surface area contributed by atoms with E-state index in [0.29, 0.717) is 61.0 Å². The molecule has 6 rings (SSSR count). The van der Waals surface area contributed by atoms with Crippen molar-refractivity contribution in [1.82, 2.24) is 34.0 Å². The summed E-state index contributed by atoms with van der Waals surface area (Å²) < 4.78 is 66.6. The Morgan fingerprint density at radius 3 is 2.47 bits per heavy atom. The zero-order valence-corrected chi connectivity index (χ0v) is 30.5. The normalized spacial score (nSPS) is 17.9. The minimum Gasteiger partial charge on any atom is -0.367 e. The summed E-state index contributed by atoms with van der Waals surface area (Å²) in [4.78, 5) is 25.7. The number of anilines is 1. The van der Waals surface area contributed by atoms with Crippen LogP contribution in [0.5, 0.6) is 0 Å². The van der Waals surface area contributed by atoms with Crippen molar-refractivity contribution in [2.24, 2.45) is 0 Å². The fourth-order valence-electron chi connectivity index (χ4n) is 7.14. The van der Waals surface area contributed by atoms with E-state index in [4.69, 9.17) is 0 Å². The molecule has 17 heteroatoms. The summed E-state index contributed by atoms with van der Waals surface area (Å²) in [5.74, 6) is 0.415. The number of likely N-dealkylation sites (tertiary alicyclic amines) is 1. The third-order valence-corrected chi connectivity index (χ3v) is 12.2. The molecular formula is C34H42F3N9O3S2. The fourth-order valence-corrected chi connectivity index (χ4v) is 8.99. The van der Waals surface area contributed by atoms with Crippen molar-refractivity contribution in [2.75, 3.05) is 57.4 Å². The molecule has 4 aromatic rings. The van der Waals surface area contributed by atoms with Gasteiger partial charge in [-0.3, -0.25) is 14.6 Å². The summed E-state index contributed by atoms with van der Waals surface area (Å²) in [7, 11) is -3.29. The molecule has 1 aromatic carbocycles. The number of thiophene rings is 1. The van der Waals surface area contributed by atoms with E-state index in [0.717, 1.165) is 65.8 Å². The van der Waals surface area contributed by atoms with Gasteiger partial charge in [-0.1, -0.05) is 6.07 Å². The zero-order valence-electron chi connectivity index (χ0n) is 28.8. The fraction of sp³-hybridized carbons (Fsp3) is 0.529. The van der Waals surface area contributed by atoms with Crippen LogP contribution in [-0.4, -0.2) is 113 Å². The van der Waals surface area contributed by atoms with E-state index in [2.05, 4.69) is 55.5 Å². The van der Waals surface area contributed by atoms with Gasteiger partial charge in [-0.25, -0.2) is 18.4 Å². The van der Waals surface area contributed by atoms with Crippen molar-refractivity contribution >= 4 is 54.2 Å². The highest BCUT2D eigenvalue weighted by Gasteiger charge is 2.31. The van der Waals surface area contributed by atoms with Crippen LogP contribution in [0.4, 0.5) is 19.0 Å². The Hall–Kier alpha value is -3.82. The molecule has 3 aromatic heterocycles. The smallest absolute Gasteiger partial charge is 0.367 e. The second-order valence-corrected chi connectivity index (χ2v) is 16.6. The number of sulfonamides is 1. The van der Waals surface area contributed by atoms with Crippen molar-refractivity contribution in [3.63, 3.8) is 0 Å². The third-order valence-electron chi connectivity index (χ3n) is 9.90. The number of carbonyl (C=O) groups is 1. The van der Waals surface area contributed by atoms with E-state index in [-0.39, 0.29) is 22.9 Å². The maximum Gasteiger partial charge on any atom is 0.393 e. The largest absolute Gasteiger partial charge is 0.393 e. The summed E-state index contributed by atoms with van der Waals surface area (Å²) >= 11 is 1.04. The molecule has 1 unspecified atom stereocenters. The van der Waals surface area contributed by atoms with Crippen molar-refractivity contribution in [2.45, 2.75) is 64.5 Å². The highest BCUT2D eigenvalue weighted by Crippen LogP contribution is 2.34. The van der Waals surface area contributed by atoms with E-state index in [9.17, 15) is 31.6 Å². The number of hydrogen-bond acceptors (Lipinski definition) is 10. The van der Waals surface area contributed by atoms with Gasteiger partial charge in [-0.05, 0) is 49.1 Å². The number of hydrogen-bond donors (Lipinski definition) is 2. The molecule has 2 fully saturated rings. The number of benzene rings is 1. The van der Waals surface area contributed by atoms with Gasteiger partial charge in [0.2, 0.25) is 15.9 Å². The van der Waals surface area contributed by atoms with Crippen molar-refractivity contribution in [3.05, 3.63) is 52.3 Å². The maximum atomic E-state index is 13.0. The number of fused-ring (bicyclic) bond motifs is 2. The molecule has 0 radical (unpaired) electrons. The van der Waals surface area contributed by atoms with Crippen LogP contribution in [0.1, 0.15) is 41.5 Å². The number of nitrogens with one attached hydrogen (secondary N) is 2. The topological polar surface area (TPSA) is 139 Å². The molecule has 2 aliphatic rings. The number of halogens is 3. The molecule has 12 nitrogen and oxygen atoms in total. The van der Waals surface area contributed by atoms with Gasteiger partial charge in [0.15, 0.2) is 0 Å². The Bertz CT molecular complexity index is 2040. The van der Waals surface area contributed by atoms with Gasteiger partial charge in [-0.2, -0.15) is 22.7 Å². The Morgan fingerprint density at radius 2 is 1.82 bits per heavy atom. The van der Waals surface area contributed by atoms with Crippen LogP contribution in [0.3, 0.4) is 0 Å². The first-order valence-corrected chi connectivity index (χ1v) is 19.6. The SMILES string of the molecule is CC(=O)NCC(Cn1c(C#N)cc2c(C)c(CN3CCC(Nc4ncnc5sc(CC(F)(F)F)cc45)CC3)ccc21)N1CCN(S(C)(=O)=O)CC1. The van der Waals surface area contributed by atoms with Crippen LogP contribution in [0.25, 0.3) is 21.1 Å². The number of piperidine rings is 1. The van der Waals surface area contributed by atoms with E-state index in [1.165, 1.54) is 23.8 Å². The number of piperazine rings is 1. The van der Waals surface area contributed by atoms with Crippen molar-refractivity contribution in [1.29, 1.82) is 5.26 Å². The molecule has 1 amide bonds. The second kappa shape index (κ2) is 15.0. The number of aromatic nitrogens is 3. The predicted octanol–water partition coefficient (Wildman–Crippen LogP) is 4.09. The minimum absolute atomic E-state index is 0.126. The van der Waals surface area contributed by atoms with E-state index >= 15 is 0 Å². The van der Waals surface area contributed by atoms with Crippen LogP contribution >= 0.6 is 11.3 Å². The summed E-state index contributed by atoms with van der Waals surface area (Å²) in [5.41, 5.74) is 3.71. The quantitative estimate of drug-likeness (QED) is 0.233. The highest BCUT2D eigenvalue weighted by molar-refractivity contribution is 7.88. The Labute approximate surface area is 299 Å². The monoisotopic (exact) mass is 745 g/mol. The minimum atomic E-state index is -4.28. The summed E-state index contributed by atoms with van der Waals surface area (Å²) in [6.07, 6.45) is -0.969. The van der Waals surface area contributed by atoms with Crippen LogP contribution in [0.15, 0.2) is 30.6 Å². The maximum absolute atomic E-state index is 13.0. The summed E-state index contributed by atoms with van der Waals surface area (Å²) in [5, 5.41) is 18.1. The first kappa shape index (κ1) is 37.0. The molecule has 0 bridgehead atoms. The first-order chi connectivity index (χ1) is 24.2. The second-order valence-electron chi connectivity index (χ2n) is 13.5. The van der Waals surface area contributed by atoms with Crippen LogP contribution in [0.2, 0.25) is 0 Å². The molecule has 2 saturated heterocycles. The van der Waals surface area contributed by atoms with Gasteiger partial charge >= 0.3 is 6.18 Å². The van der Waals surface area contributed by atoms with Crippen LogP contribution in [-0.2, 0) is 34.3 Å². The average Bonchev–Trinajstić information content (AvgIpc) is 3.65. The number of alkyl halides is 3. The predicted molar refractivity (Wildman–Crippen MR) is 191 cm³/mol. The van der Waals surface area contributed by atoms with Crippen LogP contribution in [0, 0.1) is 18.3 Å². The van der Waals surface area contributed by atoms with Gasteiger partial charge in [0.1, 0.15) is 28.7 Å². The molecule has 0 spiro atoms. The van der Waals surface area contributed by atoms with Gasteiger partial charge in [0.05, 0.1) is 18.1 Å². The van der Waals surface area contributed by atoms with Gasteiger partial charge in [0.25, 0.3) is 0 Å². The summed E-state index contributed by atoms with van der Waals surface area (Å²) in [6.45, 7) is 8.54. The lowest BCUT2D eigenvalue weighted by molar-refractivity contribution is -0.126. The number of aryl methyl sites for hydroxylation is 1. The molecule has 274 valence electrons. The zero-order chi connectivity index (χ0) is 36.5. The number of rotatable bonds is 11. The number of amides is 1. The number of carbonyl (C=O) groups excluding carboxylic acids is 1. The molecule has 0 saturated carbocycles. The molecule has 5 heterocycles.